The molecule has 4 heteroatoms. The molecule has 0 unspecified atom stereocenters. The monoisotopic (exact) mass is 306 g/mol. The Morgan fingerprint density at radius 3 is 2.52 bits per heavy atom. The van der Waals surface area contributed by atoms with Crippen LogP contribution >= 0.6 is 0 Å². The van der Waals surface area contributed by atoms with Gasteiger partial charge in [-0.05, 0) is 42.3 Å². The third kappa shape index (κ3) is 3.31. The van der Waals surface area contributed by atoms with Gasteiger partial charge in [-0.1, -0.05) is 19.1 Å². The van der Waals surface area contributed by atoms with Gasteiger partial charge in [0.25, 0.3) is 0 Å². The lowest BCUT2D eigenvalue weighted by Gasteiger charge is -2.12. The molecule has 0 atom stereocenters. The van der Waals surface area contributed by atoms with E-state index in [2.05, 4.69) is 29.0 Å². The van der Waals surface area contributed by atoms with Crippen LogP contribution in [0.4, 0.5) is 0 Å². The number of methoxy groups -OCH3 is 1. The van der Waals surface area contributed by atoms with E-state index in [9.17, 15) is 0 Å². The highest BCUT2D eigenvalue weighted by atomic mass is 16.5. The predicted octanol–water partition coefficient (Wildman–Crippen LogP) is 4.51. The number of ether oxygens (including phenoxy) is 2. The van der Waals surface area contributed by atoms with Gasteiger partial charge in [0.2, 0.25) is 5.88 Å². The molecule has 0 saturated carbocycles. The van der Waals surface area contributed by atoms with Gasteiger partial charge in [0.1, 0.15) is 11.5 Å². The average Bonchev–Trinajstić information content (AvgIpc) is 2.63. The number of hydrogen-bond acceptors (Lipinski definition) is 4. The lowest BCUT2D eigenvalue weighted by molar-refractivity contribution is 0.415. The Morgan fingerprint density at radius 2 is 1.78 bits per heavy atom. The van der Waals surface area contributed by atoms with E-state index >= 15 is 0 Å². The Kier molecular flexibility index (Phi) is 4.52. The average molecular weight is 306 g/mol. The molecule has 2 heterocycles. The maximum Gasteiger partial charge on any atom is 0.227 e. The summed E-state index contributed by atoms with van der Waals surface area (Å²) in [5.41, 5.74) is 2.97. The van der Waals surface area contributed by atoms with E-state index in [1.165, 1.54) is 5.56 Å². The van der Waals surface area contributed by atoms with Gasteiger partial charge in [-0.25, -0.2) is 4.98 Å². The number of pyridine rings is 2. The minimum atomic E-state index is 0.531. The molecular weight excluding hydrogens is 288 g/mol. The predicted molar refractivity (Wildman–Crippen MR) is 89.9 cm³/mol. The molecule has 23 heavy (non-hydrogen) atoms. The summed E-state index contributed by atoms with van der Waals surface area (Å²) in [4.78, 5) is 8.54. The highest BCUT2D eigenvalue weighted by Gasteiger charge is 2.13. The third-order valence-electron chi connectivity index (χ3n) is 3.61. The fraction of sp³-hybridized carbons (Fsp3) is 0.158. The molecule has 4 nitrogen and oxygen atoms in total. The second-order valence-electron chi connectivity index (χ2n) is 5.03. The van der Waals surface area contributed by atoms with Crippen LogP contribution in [0, 0.1) is 0 Å². The Labute approximate surface area is 135 Å². The summed E-state index contributed by atoms with van der Waals surface area (Å²) >= 11 is 0. The third-order valence-corrected chi connectivity index (χ3v) is 3.61. The van der Waals surface area contributed by atoms with Crippen molar-refractivity contribution in [2.75, 3.05) is 7.11 Å². The van der Waals surface area contributed by atoms with Gasteiger partial charge in [0, 0.05) is 29.7 Å². The van der Waals surface area contributed by atoms with Crippen LogP contribution in [0.3, 0.4) is 0 Å². The first-order valence-electron chi connectivity index (χ1n) is 7.52. The maximum absolute atomic E-state index is 5.97. The molecule has 1 aromatic carbocycles. The number of aryl methyl sites for hydroxylation is 1. The van der Waals surface area contributed by atoms with Gasteiger partial charge in [-0.15, -0.1) is 0 Å². The highest BCUT2D eigenvalue weighted by molar-refractivity contribution is 5.73. The van der Waals surface area contributed by atoms with Crippen molar-refractivity contribution in [3.8, 4) is 28.5 Å². The van der Waals surface area contributed by atoms with Crippen molar-refractivity contribution in [1.82, 2.24) is 9.97 Å². The summed E-state index contributed by atoms with van der Waals surface area (Å²) in [5, 5.41) is 0. The molecule has 116 valence electrons. The number of benzene rings is 1. The van der Waals surface area contributed by atoms with Crippen LogP contribution in [0.2, 0.25) is 0 Å². The van der Waals surface area contributed by atoms with E-state index in [1.54, 1.807) is 25.7 Å². The Bertz CT molecular complexity index is 785. The van der Waals surface area contributed by atoms with Crippen LogP contribution < -0.4 is 9.47 Å². The molecule has 3 aromatic rings. The molecule has 0 spiro atoms. The van der Waals surface area contributed by atoms with Gasteiger partial charge in [0.15, 0.2) is 0 Å². The lowest BCUT2D eigenvalue weighted by Crippen LogP contribution is -1.94. The first-order valence-corrected chi connectivity index (χ1v) is 7.52. The smallest absolute Gasteiger partial charge is 0.227 e. The summed E-state index contributed by atoms with van der Waals surface area (Å²) < 4.78 is 11.4. The molecule has 0 radical (unpaired) electrons. The molecule has 0 fully saturated rings. The van der Waals surface area contributed by atoms with E-state index in [0.29, 0.717) is 5.88 Å². The second-order valence-corrected chi connectivity index (χ2v) is 5.03. The normalized spacial score (nSPS) is 10.3. The van der Waals surface area contributed by atoms with Gasteiger partial charge < -0.3 is 9.47 Å². The summed E-state index contributed by atoms with van der Waals surface area (Å²) in [6.07, 6.45) is 6.16. The fourth-order valence-electron chi connectivity index (χ4n) is 2.34. The van der Waals surface area contributed by atoms with Crippen LogP contribution in [-0.2, 0) is 6.42 Å². The van der Waals surface area contributed by atoms with Crippen molar-refractivity contribution < 1.29 is 9.47 Å². The maximum atomic E-state index is 5.97. The number of aromatic nitrogens is 2. The zero-order valence-corrected chi connectivity index (χ0v) is 13.2. The van der Waals surface area contributed by atoms with Crippen LogP contribution in [0.15, 0.2) is 61.1 Å². The van der Waals surface area contributed by atoms with Crippen molar-refractivity contribution in [2.24, 2.45) is 0 Å². The van der Waals surface area contributed by atoms with Crippen molar-refractivity contribution in [3.63, 3.8) is 0 Å². The zero-order valence-electron chi connectivity index (χ0n) is 13.2. The molecule has 3 rings (SSSR count). The van der Waals surface area contributed by atoms with Crippen LogP contribution in [0.25, 0.3) is 11.1 Å². The molecule has 0 bridgehead atoms. The molecule has 0 saturated heterocycles. The van der Waals surface area contributed by atoms with Gasteiger partial charge in [-0.2, -0.15) is 0 Å². The molecular formula is C19H18N2O2. The first-order chi connectivity index (χ1) is 11.3. The lowest BCUT2D eigenvalue weighted by atomic mass is 10.1. The number of rotatable bonds is 5. The number of hydrogen-bond donors (Lipinski definition) is 0. The largest absolute Gasteiger partial charge is 0.496 e. The second kappa shape index (κ2) is 6.92. The molecule has 0 N–H and O–H groups in total. The minimum Gasteiger partial charge on any atom is -0.496 e. The van der Waals surface area contributed by atoms with Gasteiger partial charge >= 0.3 is 0 Å². The van der Waals surface area contributed by atoms with Gasteiger partial charge in [-0.3, -0.25) is 4.98 Å². The fourth-order valence-corrected chi connectivity index (χ4v) is 2.34. The van der Waals surface area contributed by atoms with Crippen molar-refractivity contribution in [2.45, 2.75) is 13.3 Å². The molecule has 0 amide bonds. The van der Waals surface area contributed by atoms with E-state index in [4.69, 9.17) is 9.47 Å². The van der Waals surface area contributed by atoms with Crippen molar-refractivity contribution in [1.29, 1.82) is 0 Å². The molecule has 0 aliphatic rings. The van der Waals surface area contributed by atoms with E-state index in [0.717, 1.165) is 29.0 Å². The SMILES string of the molecule is CCc1ccc(Oc2ncccc2-c2cnccc2OC)cc1. The number of nitrogens with zero attached hydrogens (tertiary/aromatic N) is 2. The van der Waals surface area contributed by atoms with Crippen molar-refractivity contribution >= 4 is 0 Å². The first kappa shape index (κ1) is 15.0. The quantitative estimate of drug-likeness (QED) is 0.696. The van der Waals surface area contributed by atoms with E-state index in [1.807, 2.05) is 30.3 Å². The van der Waals surface area contributed by atoms with Gasteiger partial charge in [0.05, 0.1) is 7.11 Å². The Balaban J connectivity index is 1.97. The van der Waals surface area contributed by atoms with Crippen molar-refractivity contribution in [3.05, 3.63) is 66.6 Å². The molecule has 2 aromatic heterocycles. The van der Waals surface area contributed by atoms with Crippen LogP contribution in [0.1, 0.15) is 12.5 Å². The Morgan fingerprint density at radius 1 is 0.957 bits per heavy atom. The summed E-state index contributed by atoms with van der Waals surface area (Å²) in [5.74, 6) is 2.02. The molecule has 0 aliphatic heterocycles. The zero-order chi connectivity index (χ0) is 16.1. The minimum absolute atomic E-state index is 0.531. The summed E-state index contributed by atoms with van der Waals surface area (Å²) in [7, 11) is 1.64. The van der Waals surface area contributed by atoms with E-state index < -0.39 is 0 Å². The topological polar surface area (TPSA) is 44.2 Å². The Hall–Kier alpha value is -2.88. The molecule has 0 aliphatic carbocycles. The summed E-state index contributed by atoms with van der Waals surface area (Å²) in [6.45, 7) is 2.13. The van der Waals surface area contributed by atoms with Crippen LogP contribution in [-0.4, -0.2) is 17.1 Å². The highest BCUT2D eigenvalue weighted by Crippen LogP contribution is 2.36. The standard InChI is InChI=1S/C19H18N2O2/c1-3-14-6-8-15(9-7-14)23-19-16(5-4-11-21-19)17-13-20-12-10-18(17)22-2/h4-13H,3H2,1-2H3. The van der Waals surface area contributed by atoms with Crippen LogP contribution in [0.5, 0.6) is 17.4 Å². The van der Waals surface area contributed by atoms with E-state index in [-0.39, 0.29) is 0 Å². The summed E-state index contributed by atoms with van der Waals surface area (Å²) in [6, 6.07) is 13.7.